The summed E-state index contributed by atoms with van der Waals surface area (Å²) in [6, 6.07) is 5.29. The summed E-state index contributed by atoms with van der Waals surface area (Å²) in [4.78, 5) is 12.3. The molecule has 0 aromatic heterocycles. The number of hydrogen-bond acceptors (Lipinski definition) is 6. The molecule has 1 aromatic rings. The average Bonchev–Trinajstić information content (AvgIpc) is 3.17. The molecule has 0 unspecified atom stereocenters. The number of hydrogen-bond donors (Lipinski definition) is 0. The Kier molecular flexibility index (Phi) is 5.33. The quantitative estimate of drug-likeness (QED) is 0.592. The van der Waals surface area contributed by atoms with E-state index in [4.69, 9.17) is 23.5 Å². The Labute approximate surface area is 155 Å². The minimum absolute atomic E-state index is 0.0722. The minimum atomic E-state index is -0.713. The number of esters is 1. The largest absolute Gasteiger partial charge is 0.499 e. The van der Waals surface area contributed by atoms with Crippen LogP contribution in [0, 0.1) is 0 Å². The van der Waals surface area contributed by atoms with Crippen molar-refractivity contribution in [2.24, 2.45) is 0 Å². The molecule has 7 heteroatoms. The maximum Gasteiger partial charge on any atom is 0.499 e. The molecule has 0 aliphatic carbocycles. The van der Waals surface area contributed by atoms with E-state index in [0.717, 1.165) is 19.4 Å². The molecule has 2 saturated heterocycles. The average molecular weight is 362 g/mol. The van der Waals surface area contributed by atoms with Crippen LogP contribution in [0.15, 0.2) is 18.2 Å². The first-order valence-corrected chi connectivity index (χ1v) is 9.06. The Bertz CT molecular complexity index is 650. The Hall–Kier alpha value is -1.57. The zero-order valence-electron chi connectivity index (χ0n) is 16.2. The molecule has 0 bridgehead atoms. The van der Waals surface area contributed by atoms with E-state index in [-0.39, 0.29) is 6.10 Å². The van der Waals surface area contributed by atoms with Gasteiger partial charge in [0.15, 0.2) is 0 Å². The van der Waals surface area contributed by atoms with Gasteiger partial charge in [-0.15, -0.1) is 0 Å². The van der Waals surface area contributed by atoms with Gasteiger partial charge in [-0.2, -0.15) is 0 Å². The third kappa shape index (κ3) is 3.61. The summed E-state index contributed by atoms with van der Waals surface area (Å²) >= 11 is 0. The highest BCUT2D eigenvalue weighted by atomic mass is 16.7. The fourth-order valence-corrected chi connectivity index (χ4v) is 3.12. The van der Waals surface area contributed by atoms with E-state index < -0.39 is 24.3 Å². The lowest BCUT2D eigenvalue weighted by molar-refractivity contribution is 0.00578. The van der Waals surface area contributed by atoms with Crippen molar-refractivity contribution < 1.29 is 28.3 Å². The lowest BCUT2D eigenvalue weighted by atomic mass is 9.75. The molecule has 0 radical (unpaired) electrons. The third-order valence-corrected chi connectivity index (χ3v) is 5.41. The second-order valence-electron chi connectivity index (χ2n) is 7.74. The molecule has 6 nitrogen and oxygen atoms in total. The molecule has 142 valence electrons. The van der Waals surface area contributed by atoms with Crippen LogP contribution in [0.2, 0.25) is 0 Å². The summed E-state index contributed by atoms with van der Waals surface area (Å²) in [5.74, 6) is 0.110. The van der Waals surface area contributed by atoms with Crippen LogP contribution < -0.4 is 10.2 Å². The van der Waals surface area contributed by atoms with Gasteiger partial charge in [0.1, 0.15) is 12.4 Å². The predicted molar refractivity (Wildman–Crippen MR) is 98.0 cm³/mol. The van der Waals surface area contributed by atoms with Gasteiger partial charge >= 0.3 is 13.1 Å². The van der Waals surface area contributed by atoms with Crippen LogP contribution in [-0.2, 0) is 18.8 Å². The van der Waals surface area contributed by atoms with E-state index in [2.05, 4.69) is 0 Å². The van der Waals surface area contributed by atoms with Crippen LogP contribution in [0.3, 0.4) is 0 Å². The Balaban J connectivity index is 1.93. The molecular formula is C19H27BO6. The Morgan fingerprint density at radius 3 is 2.50 bits per heavy atom. The van der Waals surface area contributed by atoms with Crippen LogP contribution in [0.1, 0.15) is 50.9 Å². The van der Waals surface area contributed by atoms with Crippen molar-refractivity contribution in [3.05, 3.63) is 23.8 Å². The van der Waals surface area contributed by atoms with Gasteiger partial charge in [-0.25, -0.2) is 4.79 Å². The molecule has 0 N–H and O–H groups in total. The number of carbonyl (C=O) groups is 1. The Morgan fingerprint density at radius 2 is 1.92 bits per heavy atom. The van der Waals surface area contributed by atoms with Crippen molar-refractivity contribution in [2.75, 3.05) is 20.3 Å². The molecule has 0 amide bonds. The molecular weight excluding hydrogens is 335 g/mol. The van der Waals surface area contributed by atoms with E-state index in [0.29, 0.717) is 23.4 Å². The van der Waals surface area contributed by atoms with Gasteiger partial charge in [-0.05, 0) is 52.7 Å². The molecule has 2 fully saturated rings. The zero-order chi connectivity index (χ0) is 18.9. The van der Waals surface area contributed by atoms with Crippen LogP contribution in [0.5, 0.6) is 5.75 Å². The first-order valence-electron chi connectivity index (χ1n) is 9.06. The molecule has 1 aromatic carbocycles. The molecule has 0 saturated carbocycles. The standard InChI is InChI=1S/C19H27BO6/c1-18(2)19(3,4)26-20(25-18)16-14(17(21)22-5)9-6-10-15(16)24-12-13-8-7-11-23-13/h6,9-10,13H,7-8,11-12H2,1-5H3/t13-/m0/s1. The van der Waals surface area contributed by atoms with Gasteiger partial charge in [0.05, 0.1) is 30.0 Å². The van der Waals surface area contributed by atoms with E-state index in [1.165, 1.54) is 7.11 Å². The van der Waals surface area contributed by atoms with Crippen molar-refractivity contribution in [1.82, 2.24) is 0 Å². The van der Waals surface area contributed by atoms with Crippen LogP contribution in [-0.4, -0.2) is 50.7 Å². The van der Waals surface area contributed by atoms with Crippen LogP contribution in [0.4, 0.5) is 0 Å². The molecule has 2 aliphatic heterocycles. The maximum atomic E-state index is 12.3. The van der Waals surface area contributed by atoms with E-state index >= 15 is 0 Å². The van der Waals surface area contributed by atoms with Crippen molar-refractivity contribution in [1.29, 1.82) is 0 Å². The molecule has 1 atom stereocenters. The van der Waals surface area contributed by atoms with Gasteiger partial charge < -0.3 is 23.5 Å². The predicted octanol–water partition coefficient (Wildman–Crippen LogP) is 2.33. The van der Waals surface area contributed by atoms with Crippen molar-refractivity contribution >= 4 is 18.6 Å². The first kappa shape index (κ1) is 19.2. The summed E-state index contributed by atoms with van der Waals surface area (Å²) in [7, 11) is 0.644. The van der Waals surface area contributed by atoms with E-state index in [1.807, 2.05) is 33.8 Å². The topological polar surface area (TPSA) is 63.2 Å². The molecule has 2 aliphatic rings. The van der Waals surface area contributed by atoms with Crippen LogP contribution >= 0.6 is 0 Å². The second kappa shape index (κ2) is 7.21. The summed E-state index contributed by atoms with van der Waals surface area (Å²) in [5, 5.41) is 0. The first-order chi connectivity index (χ1) is 12.2. The lowest BCUT2D eigenvalue weighted by Gasteiger charge is -2.32. The number of benzene rings is 1. The van der Waals surface area contributed by atoms with Crippen molar-refractivity contribution in [3.8, 4) is 5.75 Å². The fourth-order valence-electron chi connectivity index (χ4n) is 3.12. The van der Waals surface area contributed by atoms with Gasteiger partial charge in [0.2, 0.25) is 0 Å². The van der Waals surface area contributed by atoms with Crippen molar-refractivity contribution in [2.45, 2.75) is 57.8 Å². The number of methoxy groups -OCH3 is 1. The summed E-state index contributed by atoms with van der Waals surface area (Å²) in [6.45, 7) is 9.08. The highest BCUT2D eigenvalue weighted by molar-refractivity contribution is 6.64. The van der Waals surface area contributed by atoms with Gasteiger partial charge in [-0.1, -0.05) is 6.07 Å². The summed E-state index contributed by atoms with van der Waals surface area (Å²) in [5.41, 5.74) is -0.0914. The number of rotatable bonds is 5. The normalized spacial score (nSPS) is 23.9. The maximum absolute atomic E-state index is 12.3. The van der Waals surface area contributed by atoms with E-state index in [9.17, 15) is 4.79 Å². The van der Waals surface area contributed by atoms with E-state index in [1.54, 1.807) is 12.1 Å². The van der Waals surface area contributed by atoms with Gasteiger partial charge in [0.25, 0.3) is 0 Å². The van der Waals surface area contributed by atoms with Crippen LogP contribution in [0.25, 0.3) is 0 Å². The SMILES string of the molecule is COC(=O)c1cccc(OC[C@@H]2CCCO2)c1B1OC(C)(C)C(C)(C)O1. The monoisotopic (exact) mass is 362 g/mol. The van der Waals surface area contributed by atoms with Gasteiger partial charge in [-0.3, -0.25) is 0 Å². The number of ether oxygens (including phenoxy) is 3. The molecule has 3 rings (SSSR count). The highest BCUT2D eigenvalue weighted by Gasteiger charge is 2.53. The summed E-state index contributed by atoms with van der Waals surface area (Å²) in [6.07, 6.45) is 2.09. The highest BCUT2D eigenvalue weighted by Crippen LogP contribution is 2.37. The molecule has 2 heterocycles. The fraction of sp³-hybridized carbons (Fsp3) is 0.632. The molecule has 0 spiro atoms. The summed E-state index contributed by atoms with van der Waals surface area (Å²) < 4.78 is 28.9. The van der Waals surface area contributed by atoms with Crippen molar-refractivity contribution in [3.63, 3.8) is 0 Å². The lowest BCUT2D eigenvalue weighted by Crippen LogP contribution is -2.41. The number of carbonyl (C=O) groups excluding carboxylic acids is 1. The molecule has 26 heavy (non-hydrogen) atoms. The zero-order valence-corrected chi connectivity index (χ0v) is 16.2. The van der Waals surface area contributed by atoms with Gasteiger partial charge in [0, 0.05) is 12.1 Å². The smallest absolute Gasteiger partial charge is 0.491 e. The third-order valence-electron chi connectivity index (χ3n) is 5.41. The Morgan fingerprint density at radius 1 is 1.23 bits per heavy atom. The second-order valence-corrected chi connectivity index (χ2v) is 7.74. The minimum Gasteiger partial charge on any atom is -0.491 e.